The molecule has 0 bridgehead atoms. The Hall–Kier alpha value is -2.91. The van der Waals surface area contributed by atoms with Gasteiger partial charge in [-0.1, -0.05) is 11.6 Å². The van der Waals surface area contributed by atoms with Crippen LogP contribution in [0.25, 0.3) is 0 Å². The van der Waals surface area contributed by atoms with Crippen molar-refractivity contribution < 1.29 is 19.0 Å². The molecule has 0 fully saturated rings. The maximum Gasteiger partial charge on any atom is 0.262 e. The highest BCUT2D eigenvalue weighted by atomic mass is 35.5. The SMILES string of the molecule is N#Cc1ccc(Cl)cc1NC(=O)COc1ccc2c(c1)OCO2. The number of fused-ring (bicyclic) bond motifs is 1. The van der Waals surface area contributed by atoms with E-state index in [2.05, 4.69) is 5.32 Å². The minimum absolute atomic E-state index is 0.172. The predicted octanol–water partition coefficient (Wildman–Crippen LogP) is 2.96. The van der Waals surface area contributed by atoms with Gasteiger partial charge in [-0.3, -0.25) is 4.79 Å². The monoisotopic (exact) mass is 330 g/mol. The third-order valence-electron chi connectivity index (χ3n) is 3.09. The summed E-state index contributed by atoms with van der Waals surface area (Å²) in [7, 11) is 0. The quantitative estimate of drug-likeness (QED) is 0.932. The van der Waals surface area contributed by atoms with Crippen molar-refractivity contribution >= 4 is 23.2 Å². The fraction of sp³-hybridized carbons (Fsp3) is 0.125. The van der Waals surface area contributed by atoms with Crippen LogP contribution in [0.15, 0.2) is 36.4 Å². The summed E-state index contributed by atoms with van der Waals surface area (Å²) in [5.74, 6) is 1.29. The van der Waals surface area contributed by atoms with Crippen molar-refractivity contribution in [3.8, 4) is 23.3 Å². The van der Waals surface area contributed by atoms with Gasteiger partial charge in [-0.2, -0.15) is 5.26 Å². The average Bonchev–Trinajstić information content (AvgIpc) is 3.01. The first-order chi connectivity index (χ1) is 11.2. The van der Waals surface area contributed by atoms with E-state index in [-0.39, 0.29) is 13.4 Å². The fourth-order valence-corrected chi connectivity index (χ4v) is 2.19. The molecule has 116 valence electrons. The lowest BCUT2D eigenvalue weighted by atomic mass is 10.2. The number of hydrogen-bond acceptors (Lipinski definition) is 5. The van der Waals surface area contributed by atoms with E-state index >= 15 is 0 Å². The lowest BCUT2D eigenvalue weighted by Gasteiger charge is -2.09. The van der Waals surface area contributed by atoms with Gasteiger partial charge in [0.25, 0.3) is 5.91 Å². The van der Waals surface area contributed by atoms with Gasteiger partial charge in [-0.25, -0.2) is 0 Å². The van der Waals surface area contributed by atoms with Crippen LogP contribution in [0.2, 0.25) is 5.02 Å². The Labute approximate surface area is 137 Å². The molecule has 0 radical (unpaired) electrons. The van der Waals surface area contributed by atoms with Gasteiger partial charge < -0.3 is 19.5 Å². The molecule has 1 N–H and O–H groups in total. The summed E-state index contributed by atoms with van der Waals surface area (Å²) < 4.78 is 15.8. The molecule has 6 nitrogen and oxygen atoms in total. The number of benzene rings is 2. The van der Waals surface area contributed by atoms with E-state index in [1.54, 1.807) is 24.3 Å². The van der Waals surface area contributed by atoms with Crippen molar-refractivity contribution in [3.05, 3.63) is 47.0 Å². The van der Waals surface area contributed by atoms with E-state index in [0.29, 0.717) is 33.5 Å². The largest absolute Gasteiger partial charge is 0.484 e. The number of nitriles is 1. The number of rotatable bonds is 4. The Morgan fingerprint density at radius 1 is 1.26 bits per heavy atom. The maximum atomic E-state index is 12.0. The average molecular weight is 331 g/mol. The van der Waals surface area contributed by atoms with Crippen LogP contribution >= 0.6 is 11.6 Å². The second kappa shape index (κ2) is 6.46. The van der Waals surface area contributed by atoms with Crippen LogP contribution in [0.1, 0.15) is 5.56 Å². The molecule has 0 aromatic heterocycles. The molecular formula is C16H11ClN2O4. The second-order valence-electron chi connectivity index (χ2n) is 4.65. The van der Waals surface area contributed by atoms with Gasteiger partial charge in [0.1, 0.15) is 11.8 Å². The smallest absolute Gasteiger partial charge is 0.262 e. The maximum absolute atomic E-state index is 12.0. The Morgan fingerprint density at radius 3 is 2.91 bits per heavy atom. The van der Waals surface area contributed by atoms with Crippen molar-refractivity contribution in [2.45, 2.75) is 0 Å². The highest BCUT2D eigenvalue weighted by molar-refractivity contribution is 6.31. The molecule has 0 aliphatic carbocycles. The number of carbonyl (C=O) groups is 1. The molecule has 1 aliphatic rings. The fourth-order valence-electron chi connectivity index (χ4n) is 2.02. The first-order valence-electron chi connectivity index (χ1n) is 6.67. The van der Waals surface area contributed by atoms with Gasteiger partial charge in [-0.15, -0.1) is 0 Å². The number of nitrogens with zero attached hydrogens (tertiary/aromatic N) is 1. The highest BCUT2D eigenvalue weighted by Crippen LogP contribution is 2.35. The zero-order chi connectivity index (χ0) is 16.2. The molecule has 0 unspecified atom stereocenters. The van der Waals surface area contributed by atoms with Crippen molar-refractivity contribution in [2.75, 3.05) is 18.7 Å². The molecule has 23 heavy (non-hydrogen) atoms. The zero-order valence-corrected chi connectivity index (χ0v) is 12.6. The van der Waals surface area contributed by atoms with E-state index in [1.807, 2.05) is 6.07 Å². The van der Waals surface area contributed by atoms with Crippen LogP contribution in [0.3, 0.4) is 0 Å². The van der Waals surface area contributed by atoms with E-state index in [9.17, 15) is 4.79 Å². The van der Waals surface area contributed by atoms with Crippen LogP contribution in [0.4, 0.5) is 5.69 Å². The van der Waals surface area contributed by atoms with E-state index in [0.717, 1.165) is 0 Å². The topological polar surface area (TPSA) is 80.6 Å². The Balaban J connectivity index is 1.62. The van der Waals surface area contributed by atoms with Crippen molar-refractivity contribution in [1.82, 2.24) is 0 Å². The Morgan fingerprint density at radius 2 is 2.09 bits per heavy atom. The molecule has 0 saturated heterocycles. The number of halogens is 1. The first kappa shape index (κ1) is 15.0. The predicted molar refractivity (Wildman–Crippen MR) is 82.9 cm³/mol. The van der Waals surface area contributed by atoms with E-state index < -0.39 is 5.91 Å². The summed E-state index contributed by atoms with van der Waals surface area (Å²) in [6, 6.07) is 11.7. The van der Waals surface area contributed by atoms with E-state index in [1.165, 1.54) is 12.1 Å². The van der Waals surface area contributed by atoms with Gasteiger partial charge in [-0.05, 0) is 30.3 Å². The second-order valence-corrected chi connectivity index (χ2v) is 5.09. The molecule has 1 aliphatic heterocycles. The molecule has 1 heterocycles. The van der Waals surface area contributed by atoms with Gasteiger partial charge in [0, 0.05) is 11.1 Å². The van der Waals surface area contributed by atoms with Gasteiger partial charge in [0.05, 0.1) is 11.3 Å². The Kier molecular flexibility index (Phi) is 4.22. The summed E-state index contributed by atoms with van der Waals surface area (Å²) >= 11 is 5.87. The summed E-state index contributed by atoms with van der Waals surface area (Å²) in [6.45, 7) is -0.0397. The molecule has 2 aromatic carbocycles. The van der Waals surface area contributed by atoms with Crippen molar-refractivity contribution in [2.24, 2.45) is 0 Å². The summed E-state index contributed by atoms with van der Waals surface area (Å²) in [5, 5.41) is 12.0. The minimum Gasteiger partial charge on any atom is -0.484 e. The molecule has 0 saturated carbocycles. The Bertz CT molecular complexity index is 801. The molecule has 0 atom stereocenters. The van der Waals surface area contributed by atoms with E-state index in [4.69, 9.17) is 31.1 Å². The number of carbonyl (C=O) groups excluding carboxylic acids is 1. The number of amides is 1. The third-order valence-corrected chi connectivity index (χ3v) is 3.33. The molecule has 7 heteroatoms. The summed E-state index contributed by atoms with van der Waals surface area (Å²) in [4.78, 5) is 12.0. The molecule has 1 amide bonds. The van der Waals surface area contributed by atoms with Crippen LogP contribution in [-0.4, -0.2) is 19.3 Å². The first-order valence-corrected chi connectivity index (χ1v) is 7.05. The molecular weight excluding hydrogens is 320 g/mol. The number of anilines is 1. The van der Waals surface area contributed by atoms with Crippen molar-refractivity contribution in [1.29, 1.82) is 5.26 Å². The number of nitrogens with one attached hydrogen (secondary N) is 1. The van der Waals surface area contributed by atoms with Crippen LogP contribution < -0.4 is 19.5 Å². The highest BCUT2D eigenvalue weighted by Gasteiger charge is 2.14. The minimum atomic E-state index is -0.401. The third kappa shape index (κ3) is 3.47. The standard InChI is InChI=1S/C16H11ClN2O4/c17-11-2-1-10(7-18)13(5-11)19-16(20)8-21-12-3-4-14-15(6-12)23-9-22-14/h1-6H,8-9H2,(H,19,20). The van der Waals surface area contributed by atoms with Crippen LogP contribution in [0, 0.1) is 11.3 Å². The molecule has 0 spiro atoms. The zero-order valence-electron chi connectivity index (χ0n) is 11.8. The molecule has 2 aromatic rings. The van der Waals surface area contributed by atoms with Crippen LogP contribution in [0.5, 0.6) is 17.2 Å². The number of hydrogen-bond donors (Lipinski definition) is 1. The van der Waals surface area contributed by atoms with Crippen LogP contribution in [-0.2, 0) is 4.79 Å². The number of ether oxygens (including phenoxy) is 3. The van der Waals surface area contributed by atoms with Crippen molar-refractivity contribution in [3.63, 3.8) is 0 Å². The lowest BCUT2D eigenvalue weighted by molar-refractivity contribution is -0.118. The summed E-state index contributed by atoms with van der Waals surface area (Å²) in [5.41, 5.74) is 0.671. The molecule has 3 rings (SSSR count). The normalized spacial score (nSPS) is 11.7. The van der Waals surface area contributed by atoms with Gasteiger partial charge in [0.2, 0.25) is 6.79 Å². The lowest BCUT2D eigenvalue weighted by Crippen LogP contribution is -2.20. The summed E-state index contributed by atoms with van der Waals surface area (Å²) in [6.07, 6.45) is 0. The van der Waals surface area contributed by atoms with Gasteiger partial charge in [0.15, 0.2) is 18.1 Å². The van der Waals surface area contributed by atoms with Gasteiger partial charge >= 0.3 is 0 Å².